The summed E-state index contributed by atoms with van der Waals surface area (Å²) in [5, 5.41) is 0.477. The highest BCUT2D eigenvalue weighted by Crippen LogP contribution is 2.24. The second kappa shape index (κ2) is 10.6. The Morgan fingerprint density at radius 1 is 0.926 bits per heavy atom. The smallest absolute Gasteiger partial charge is 0.339 e. The molecule has 0 radical (unpaired) electrons. The van der Waals surface area contributed by atoms with E-state index < -0.39 is 23.6 Å². The van der Waals surface area contributed by atoms with Crippen molar-refractivity contribution in [2.75, 3.05) is 14.2 Å². The van der Waals surface area contributed by atoms with E-state index in [4.69, 9.17) is 23.2 Å². The molecular formula is C18H15BrCl2F2O4. The maximum atomic E-state index is 12.9. The molecular weight excluding hydrogens is 469 g/mol. The summed E-state index contributed by atoms with van der Waals surface area (Å²) in [4.78, 5) is 22.4. The Labute approximate surface area is 173 Å². The van der Waals surface area contributed by atoms with Crippen LogP contribution in [0.2, 0.25) is 10.0 Å². The van der Waals surface area contributed by atoms with Crippen molar-refractivity contribution in [1.82, 2.24) is 0 Å². The van der Waals surface area contributed by atoms with Gasteiger partial charge in [0, 0.05) is 5.33 Å². The summed E-state index contributed by atoms with van der Waals surface area (Å²) in [7, 11) is 2.50. The van der Waals surface area contributed by atoms with E-state index in [9.17, 15) is 18.4 Å². The van der Waals surface area contributed by atoms with Gasteiger partial charge in [0.15, 0.2) is 0 Å². The number of hydrogen-bond acceptors (Lipinski definition) is 4. The first-order chi connectivity index (χ1) is 12.7. The molecule has 27 heavy (non-hydrogen) atoms. The number of alkyl halides is 1. The van der Waals surface area contributed by atoms with E-state index in [0.29, 0.717) is 16.5 Å². The molecule has 0 aliphatic carbocycles. The number of hydrogen-bond donors (Lipinski definition) is 0. The molecule has 0 atom stereocenters. The molecule has 2 aromatic rings. The third kappa shape index (κ3) is 6.16. The zero-order chi connectivity index (χ0) is 20.7. The van der Waals surface area contributed by atoms with E-state index in [1.54, 1.807) is 6.92 Å². The minimum Gasteiger partial charge on any atom is -0.465 e. The minimum absolute atomic E-state index is 0.0614. The highest BCUT2D eigenvalue weighted by atomic mass is 79.9. The quantitative estimate of drug-likeness (QED) is 0.413. The Bertz CT molecular complexity index is 836. The molecule has 0 N–H and O–H groups in total. The monoisotopic (exact) mass is 482 g/mol. The third-order valence-corrected chi connectivity index (χ3v) is 4.51. The first-order valence-corrected chi connectivity index (χ1v) is 9.20. The van der Waals surface area contributed by atoms with Crippen LogP contribution >= 0.6 is 39.1 Å². The summed E-state index contributed by atoms with van der Waals surface area (Å²) in [5.74, 6) is -2.06. The maximum absolute atomic E-state index is 12.9. The fourth-order valence-electron chi connectivity index (χ4n) is 2.13. The van der Waals surface area contributed by atoms with Crippen LogP contribution < -0.4 is 0 Å². The Hall–Kier alpha value is -1.70. The van der Waals surface area contributed by atoms with Crippen molar-refractivity contribution in [3.63, 3.8) is 0 Å². The minimum atomic E-state index is -0.565. The second-order valence-electron chi connectivity index (χ2n) is 5.12. The van der Waals surface area contributed by atoms with Gasteiger partial charge in [0.2, 0.25) is 0 Å². The van der Waals surface area contributed by atoms with Gasteiger partial charge in [0.05, 0.1) is 35.4 Å². The second-order valence-corrected chi connectivity index (χ2v) is 6.49. The Morgan fingerprint density at radius 2 is 1.37 bits per heavy atom. The molecule has 0 heterocycles. The number of ether oxygens (including phenoxy) is 2. The van der Waals surface area contributed by atoms with Crippen LogP contribution in [0, 0.1) is 18.6 Å². The molecule has 0 saturated carbocycles. The molecule has 0 aliphatic heterocycles. The van der Waals surface area contributed by atoms with E-state index in [2.05, 4.69) is 25.4 Å². The molecule has 0 aliphatic rings. The maximum Gasteiger partial charge on any atom is 0.339 e. The fraction of sp³-hybridized carbons (Fsp3) is 0.222. The average molecular weight is 484 g/mol. The van der Waals surface area contributed by atoms with Crippen LogP contribution in [0.25, 0.3) is 0 Å². The fourth-order valence-corrected chi connectivity index (χ4v) is 3.20. The van der Waals surface area contributed by atoms with Crippen molar-refractivity contribution < 1.29 is 27.8 Å². The number of aryl methyl sites for hydroxylation is 1. The Morgan fingerprint density at radius 3 is 1.81 bits per heavy atom. The summed E-state index contributed by atoms with van der Waals surface area (Å²) in [6.45, 7) is 1.60. The third-order valence-electron chi connectivity index (χ3n) is 3.31. The number of esters is 2. The van der Waals surface area contributed by atoms with Crippen molar-refractivity contribution in [3.8, 4) is 0 Å². The van der Waals surface area contributed by atoms with Gasteiger partial charge in [-0.05, 0) is 42.3 Å². The zero-order valence-electron chi connectivity index (χ0n) is 14.5. The normalized spacial score (nSPS) is 9.93. The van der Waals surface area contributed by atoms with Crippen LogP contribution in [0.5, 0.6) is 0 Å². The summed E-state index contributed by atoms with van der Waals surface area (Å²) < 4.78 is 34.7. The number of carbonyl (C=O) groups excluding carboxylic acids is 2. The van der Waals surface area contributed by atoms with E-state index in [1.807, 2.05) is 0 Å². The lowest BCUT2D eigenvalue weighted by molar-refractivity contribution is 0.0591. The average Bonchev–Trinajstić information content (AvgIpc) is 2.59. The SMILES string of the molecule is COC(=O)c1c(C)cc(F)cc1Cl.COC(=O)c1c(Cl)cc(F)cc1CBr. The topological polar surface area (TPSA) is 52.6 Å². The van der Waals surface area contributed by atoms with Crippen LogP contribution in [0.3, 0.4) is 0 Å². The summed E-state index contributed by atoms with van der Waals surface area (Å²) >= 11 is 14.5. The molecule has 2 aromatic carbocycles. The van der Waals surface area contributed by atoms with Crippen LogP contribution in [-0.2, 0) is 14.8 Å². The molecule has 0 saturated heterocycles. The summed E-state index contributed by atoms with van der Waals surface area (Å²) in [6, 6.07) is 4.64. The van der Waals surface area contributed by atoms with Gasteiger partial charge in [-0.3, -0.25) is 0 Å². The van der Waals surface area contributed by atoms with Crippen LogP contribution in [0.4, 0.5) is 8.78 Å². The van der Waals surface area contributed by atoms with Crippen molar-refractivity contribution in [1.29, 1.82) is 0 Å². The number of benzene rings is 2. The Kier molecular flexibility index (Phi) is 9.15. The van der Waals surface area contributed by atoms with Crippen molar-refractivity contribution in [2.24, 2.45) is 0 Å². The predicted octanol–water partition coefficient (Wildman–Crippen LogP) is 5.73. The number of rotatable bonds is 3. The van der Waals surface area contributed by atoms with Gasteiger partial charge in [0.25, 0.3) is 0 Å². The molecule has 0 fully saturated rings. The van der Waals surface area contributed by atoms with Crippen LogP contribution in [-0.4, -0.2) is 26.2 Å². The number of halogens is 5. The standard InChI is InChI=1S/C9H7BrClFO2.C9H8ClFO2/c1-14-9(13)8-5(4-10)2-6(12)3-7(8)11;1-5-3-6(11)4-7(10)8(5)9(12)13-2/h2-3H,4H2,1H3;3-4H,1-2H3. The van der Waals surface area contributed by atoms with Crippen LogP contribution in [0.1, 0.15) is 31.8 Å². The van der Waals surface area contributed by atoms with Gasteiger partial charge in [-0.2, -0.15) is 0 Å². The lowest BCUT2D eigenvalue weighted by atomic mass is 10.1. The van der Waals surface area contributed by atoms with Gasteiger partial charge in [0.1, 0.15) is 11.6 Å². The van der Waals surface area contributed by atoms with Gasteiger partial charge in [-0.15, -0.1) is 0 Å². The highest BCUT2D eigenvalue weighted by molar-refractivity contribution is 9.08. The van der Waals surface area contributed by atoms with Gasteiger partial charge in [-0.1, -0.05) is 39.1 Å². The molecule has 0 bridgehead atoms. The van der Waals surface area contributed by atoms with Crippen LogP contribution in [0.15, 0.2) is 24.3 Å². The van der Waals surface area contributed by atoms with Gasteiger partial charge < -0.3 is 9.47 Å². The first kappa shape index (κ1) is 23.3. The number of carbonyl (C=O) groups is 2. The zero-order valence-corrected chi connectivity index (χ0v) is 17.6. The van der Waals surface area contributed by atoms with E-state index in [1.165, 1.54) is 26.4 Å². The molecule has 0 spiro atoms. The first-order valence-electron chi connectivity index (χ1n) is 7.32. The molecule has 2 rings (SSSR count). The lowest BCUT2D eigenvalue weighted by Gasteiger charge is -2.07. The summed E-state index contributed by atoms with van der Waals surface area (Å²) in [6.07, 6.45) is 0. The largest absolute Gasteiger partial charge is 0.465 e. The lowest BCUT2D eigenvalue weighted by Crippen LogP contribution is -2.06. The highest BCUT2D eigenvalue weighted by Gasteiger charge is 2.17. The summed E-state index contributed by atoms with van der Waals surface area (Å²) in [5.41, 5.74) is 1.36. The van der Waals surface area contributed by atoms with Crippen molar-refractivity contribution in [3.05, 3.63) is 68.2 Å². The molecule has 0 amide bonds. The predicted molar refractivity (Wildman–Crippen MR) is 103 cm³/mol. The van der Waals surface area contributed by atoms with E-state index in [-0.39, 0.29) is 21.2 Å². The molecule has 0 unspecified atom stereocenters. The number of methoxy groups -OCH3 is 2. The molecule has 4 nitrogen and oxygen atoms in total. The van der Waals surface area contributed by atoms with E-state index >= 15 is 0 Å². The van der Waals surface area contributed by atoms with Gasteiger partial charge in [-0.25, -0.2) is 18.4 Å². The van der Waals surface area contributed by atoms with Crippen molar-refractivity contribution in [2.45, 2.75) is 12.3 Å². The van der Waals surface area contributed by atoms with E-state index in [0.717, 1.165) is 12.1 Å². The molecule has 146 valence electrons. The Balaban J connectivity index is 0.000000271. The van der Waals surface area contributed by atoms with Gasteiger partial charge >= 0.3 is 11.9 Å². The molecule has 0 aromatic heterocycles. The molecule has 9 heteroatoms. The van der Waals surface area contributed by atoms with Crippen molar-refractivity contribution >= 4 is 51.1 Å².